The summed E-state index contributed by atoms with van der Waals surface area (Å²) < 4.78 is 21.2. The minimum Gasteiger partial charge on any atom is -0.490 e. The van der Waals surface area contributed by atoms with Gasteiger partial charge in [0.15, 0.2) is 0 Å². The first-order valence-corrected chi connectivity index (χ1v) is 13.4. The van der Waals surface area contributed by atoms with E-state index < -0.39 is 7.14 Å². The van der Waals surface area contributed by atoms with Crippen LogP contribution in [0.5, 0.6) is 5.75 Å². The van der Waals surface area contributed by atoms with Crippen LogP contribution in [0.25, 0.3) is 0 Å². The molecule has 0 saturated heterocycles. The van der Waals surface area contributed by atoms with Crippen molar-refractivity contribution in [2.45, 2.75) is 65.6 Å². The second-order valence-electron chi connectivity index (χ2n) is 8.26. The van der Waals surface area contributed by atoms with Gasteiger partial charge in [-0.05, 0) is 37.3 Å². The fourth-order valence-electron chi connectivity index (χ4n) is 4.16. The Kier molecular flexibility index (Phi) is 8.15. The Morgan fingerprint density at radius 3 is 1.94 bits per heavy atom. The van der Waals surface area contributed by atoms with E-state index in [2.05, 4.69) is 39.8 Å². The lowest BCUT2D eigenvalue weighted by molar-refractivity contribution is 0.183. The molecule has 3 heteroatoms. The van der Waals surface area contributed by atoms with Gasteiger partial charge >= 0.3 is 0 Å². The molecule has 1 unspecified atom stereocenters. The third-order valence-electron chi connectivity index (χ3n) is 5.91. The molecule has 0 aromatic heterocycles. The maximum absolute atomic E-state index is 14.7. The lowest BCUT2D eigenvalue weighted by Gasteiger charge is -2.25. The number of hydrogen-bond donors (Lipinski definition) is 0. The summed E-state index contributed by atoms with van der Waals surface area (Å²) in [6.45, 7) is 8.65. The van der Waals surface area contributed by atoms with Gasteiger partial charge in [0.05, 0.1) is 6.10 Å². The highest BCUT2D eigenvalue weighted by Gasteiger charge is 2.29. The van der Waals surface area contributed by atoms with Crippen LogP contribution in [0.1, 0.15) is 56.7 Å². The number of hydrogen-bond acceptors (Lipinski definition) is 2. The molecule has 0 aliphatic rings. The second-order valence-corrected chi connectivity index (χ2v) is 11.1. The number of rotatable bonds is 10. The molecule has 0 heterocycles. The zero-order valence-corrected chi connectivity index (χ0v) is 20.2. The van der Waals surface area contributed by atoms with Gasteiger partial charge in [0, 0.05) is 22.3 Å². The third kappa shape index (κ3) is 5.49. The van der Waals surface area contributed by atoms with E-state index in [4.69, 9.17) is 4.74 Å². The monoisotopic (exact) mass is 434 g/mol. The summed E-state index contributed by atoms with van der Waals surface area (Å²) in [5.41, 5.74) is 3.45. The minimum atomic E-state index is -2.87. The molecule has 0 fully saturated rings. The van der Waals surface area contributed by atoms with E-state index in [0.717, 1.165) is 53.2 Å². The first-order valence-electron chi connectivity index (χ1n) is 11.5. The van der Waals surface area contributed by atoms with Crippen molar-refractivity contribution in [1.29, 1.82) is 0 Å². The highest BCUT2D eigenvalue weighted by atomic mass is 31.2. The second kappa shape index (κ2) is 10.8. The zero-order valence-electron chi connectivity index (χ0n) is 19.3. The van der Waals surface area contributed by atoms with E-state index in [1.807, 2.05) is 60.7 Å². The average Bonchev–Trinajstić information content (AvgIpc) is 2.81. The fraction of sp³-hybridized carbons (Fsp3) is 0.357. The van der Waals surface area contributed by atoms with E-state index in [1.54, 1.807) is 0 Å². The summed E-state index contributed by atoms with van der Waals surface area (Å²) in [4.78, 5) is 0. The van der Waals surface area contributed by atoms with Crippen molar-refractivity contribution >= 4 is 17.8 Å². The number of aryl methyl sites for hydroxylation is 2. The molecule has 0 aliphatic carbocycles. The Morgan fingerprint density at radius 1 is 0.871 bits per heavy atom. The highest BCUT2D eigenvalue weighted by Crippen LogP contribution is 2.49. The minimum absolute atomic E-state index is 0.183. The molecule has 0 bridgehead atoms. The van der Waals surface area contributed by atoms with Gasteiger partial charge in [0.25, 0.3) is 0 Å². The van der Waals surface area contributed by atoms with Gasteiger partial charge in [-0.3, -0.25) is 0 Å². The van der Waals surface area contributed by atoms with Gasteiger partial charge in [-0.1, -0.05) is 100.0 Å². The third-order valence-corrected chi connectivity index (χ3v) is 8.96. The van der Waals surface area contributed by atoms with E-state index in [9.17, 15) is 4.57 Å². The molecule has 3 aromatic rings. The Bertz CT molecular complexity index is 968. The summed E-state index contributed by atoms with van der Waals surface area (Å²) in [6.07, 6.45) is 4.68. The van der Waals surface area contributed by atoms with Crippen molar-refractivity contribution in [3.63, 3.8) is 0 Å². The fourth-order valence-corrected chi connectivity index (χ4v) is 6.85. The molecule has 164 valence electrons. The van der Waals surface area contributed by atoms with Gasteiger partial charge in [0.1, 0.15) is 12.9 Å². The van der Waals surface area contributed by atoms with E-state index >= 15 is 0 Å². The van der Waals surface area contributed by atoms with Crippen LogP contribution in [0.3, 0.4) is 0 Å². The largest absolute Gasteiger partial charge is 0.490 e. The number of ether oxygens (including phenoxy) is 1. The summed E-state index contributed by atoms with van der Waals surface area (Å²) in [5, 5.41) is 1.79. The molecule has 3 aromatic carbocycles. The van der Waals surface area contributed by atoms with Crippen molar-refractivity contribution in [2.75, 3.05) is 0 Å². The summed E-state index contributed by atoms with van der Waals surface area (Å²) >= 11 is 0. The molecule has 0 saturated carbocycles. The highest BCUT2D eigenvalue weighted by molar-refractivity contribution is 7.78. The van der Waals surface area contributed by atoms with Gasteiger partial charge in [0.2, 0.25) is 0 Å². The van der Waals surface area contributed by atoms with Crippen LogP contribution >= 0.6 is 7.14 Å². The summed E-state index contributed by atoms with van der Waals surface area (Å²) in [7, 11) is -2.87. The van der Waals surface area contributed by atoms with Crippen LogP contribution in [0.15, 0.2) is 72.8 Å². The maximum atomic E-state index is 14.7. The first-order chi connectivity index (χ1) is 15.0. The van der Waals surface area contributed by atoms with Crippen LogP contribution in [0.4, 0.5) is 0 Å². The Hall–Kier alpha value is -2.31. The Balaban J connectivity index is 2.13. The van der Waals surface area contributed by atoms with Crippen LogP contribution in [-0.4, -0.2) is 6.10 Å². The lowest BCUT2D eigenvalue weighted by Crippen LogP contribution is -2.20. The van der Waals surface area contributed by atoms with Gasteiger partial charge < -0.3 is 9.30 Å². The molecular weight excluding hydrogens is 399 g/mol. The van der Waals surface area contributed by atoms with Crippen molar-refractivity contribution in [3.8, 4) is 5.75 Å². The normalized spacial score (nSPS) is 12.5. The van der Waals surface area contributed by atoms with Crippen molar-refractivity contribution < 1.29 is 9.30 Å². The molecule has 0 aliphatic heterocycles. The average molecular weight is 435 g/mol. The molecule has 3 rings (SSSR count). The summed E-state index contributed by atoms with van der Waals surface area (Å²) in [5.74, 6) is 0.921. The van der Waals surface area contributed by atoms with Gasteiger partial charge in [-0.2, -0.15) is 0 Å². The zero-order chi connectivity index (χ0) is 22.3. The molecule has 0 radical (unpaired) electrons. The molecule has 0 N–H and O–H groups in total. The lowest BCUT2D eigenvalue weighted by atomic mass is 10.0. The maximum Gasteiger partial charge on any atom is 0.147 e. The Labute approximate surface area is 188 Å². The molecule has 0 spiro atoms. The standard InChI is InChI=1S/C28H35O2P/c1-5-14-25(7-3)30-28-22(4)19-23(6-2)20-24(28)21-31(29,26-15-10-8-11-16-26)27-17-12-9-13-18-27/h8-13,15-20,25H,5-7,14,21H2,1-4H3. The quantitative estimate of drug-likeness (QED) is 0.320. The molecule has 31 heavy (non-hydrogen) atoms. The van der Waals surface area contributed by atoms with E-state index in [1.165, 1.54) is 5.56 Å². The van der Waals surface area contributed by atoms with Gasteiger partial charge in [-0.25, -0.2) is 0 Å². The SMILES string of the molecule is CCCC(CC)Oc1c(C)cc(CC)cc1CP(=O)(c1ccccc1)c1ccccc1. The summed E-state index contributed by atoms with van der Waals surface area (Å²) in [6, 6.07) is 24.3. The van der Waals surface area contributed by atoms with Crippen molar-refractivity contribution in [1.82, 2.24) is 0 Å². The van der Waals surface area contributed by atoms with Crippen LogP contribution in [0.2, 0.25) is 0 Å². The van der Waals surface area contributed by atoms with E-state index in [0.29, 0.717) is 6.16 Å². The van der Waals surface area contributed by atoms with Crippen LogP contribution in [-0.2, 0) is 17.1 Å². The van der Waals surface area contributed by atoms with E-state index in [-0.39, 0.29) is 6.10 Å². The van der Waals surface area contributed by atoms with Crippen molar-refractivity contribution in [2.24, 2.45) is 0 Å². The van der Waals surface area contributed by atoms with Crippen molar-refractivity contribution in [3.05, 3.63) is 89.5 Å². The smallest absolute Gasteiger partial charge is 0.147 e. The molecule has 0 amide bonds. The van der Waals surface area contributed by atoms with Crippen LogP contribution < -0.4 is 15.3 Å². The van der Waals surface area contributed by atoms with Gasteiger partial charge in [-0.15, -0.1) is 0 Å². The molecule has 2 nitrogen and oxygen atoms in total. The molecule has 1 atom stereocenters. The number of benzene rings is 3. The first kappa shape index (κ1) is 23.4. The predicted molar refractivity (Wildman–Crippen MR) is 134 cm³/mol. The topological polar surface area (TPSA) is 26.3 Å². The predicted octanol–water partition coefficient (Wildman–Crippen LogP) is 7.03. The van der Waals surface area contributed by atoms with Crippen LogP contribution in [0, 0.1) is 6.92 Å². The molecular formula is C28H35O2P. The Morgan fingerprint density at radius 2 is 1.45 bits per heavy atom.